The highest BCUT2D eigenvalue weighted by Crippen LogP contribution is 2.29. The van der Waals surface area contributed by atoms with Crippen LogP contribution in [-0.4, -0.2) is 15.9 Å². The van der Waals surface area contributed by atoms with Gasteiger partial charge < -0.3 is 10.5 Å². The van der Waals surface area contributed by atoms with Crippen LogP contribution in [0.4, 0.5) is 13.2 Å². The number of amides is 1. The summed E-state index contributed by atoms with van der Waals surface area (Å²) in [6, 6.07) is 4.91. The number of carbonyl (C=O) groups excluding carboxylic acids is 1. The molecule has 1 heterocycles. The molecule has 110 valence electrons. The average molecular weight is 297 g/mol. The van der Waals surface area contributed by atoms with E-state index in [2.05, 4.69) is 9.97 Å². The van der Waals surface area contributed by atoms with E-state index in [9.17, 15) is 18.0 Å². The number of nitrogens with two attached hydrogens (primary N) is 1. The number of benzene rings is 1. The Labute approximate surface area is 117 Å². The van der Waals surface area contributed by atoms with Crippen LogP contribution in [0.5, 0.6) is 11.6 Å². The second-order valence-corrected chi connectivity index (χ2v) is 4.21. The van der Waals surface area contributed by atoms with E-state index in [4.69, 9.17) is 10.5 Å². The van der Waals surface area contributed by atoms with Crippen LogP contribution in [0.3, 0.4) is 0 Å². The fraction of sp³-hybridized carbons (Fsp3) is 0.154. The second kappa shape index (κ2) is 5.39. The first kappa shape index (κ1) is 14.8. The minimum atomic E-state index is -3.37. The van der Waals surface area contributed by atoms with Crippen molar-refractivity contribution in [3.05, 3.63) is 47.7 Å². The Morgan fingerprint density at radius 1 is 1.29 bits per heavy atom. The molecule has 0 spiro atoms. The number of primary amides is 1. The lowest BCUT2D eigenvalue weighted by atomic mass is 10.2. The lowest BCUT2D eigenvalue weighted by Crippen LogP contribution is -2.23. The molecule has 1 amide bonds. The highest BCUT2D eigenvalue weighted by Gasteiger charge is 2.32. The zero-order valence-corrected chi connectivity index (χ0v) is 10.8. The number of rotatable bonds is 4. The highest BCUT2D eigenvalue weighted by atomic mass is 19.3. The summed E-state index contributed by atoms with van der Waals surface area (Å²) in [5.74, 6) is -4.98. The normalized spacial score (nSPS) is 11.2. The van der Waals surface area contributed by atoms with Crippen LogP contribution in [0, 0.1) is 5.82 Å². The van der Waals surface area contributed by atoms with Crippen molar-refractivity contribution in [2.45, 2.75) is 12.8 Å². The maximum absolute atomic E-state index is 13.3. The first-order valence-electron chi connectivity index (χ1n) is 5.76. The number of aromatic nitrogens is 2. The molecule has 2 rings (SSSR count). The van der Waals surface area contributed by atoms with Gasteiger partial charge >= 0.3 is 0 Å². The predicted molar refractivity (Wildman–Crippen MR) is 66.6 cm³/mol. The van der Waals surface area contributed by atoms with Crippen molar-refractivity contribution in [2.75, 3.05) is 0 Å². The molecule has 0 bridgehead atoms. The maximum Gasteiger partial charge on any atom is 0.289 e. The molecule has 2 aromatic rings. The van der Waals surface area contributed by atoms with E-state index >= 15 is 0 Å². The Morgan fingerprint density at radius 3 is 2.43 bits per heavy atom. The van der Waals surface area contributed by atoms with Gasteiger partial charge in [0.05, 0.1) is 6.20 Å². The van der Waals surface area contributed by atoms with Gasteiger partial charge in [-0.25, -0.2) is 14.4 Å². The Morgan fingerprint density at radius 2 is 1.90 bits per heavy atom. The van der Waals surface area contributed by atoms with Crippen LogP contribution in [-0.2, 0) is 5.92 Å². The van der Waals surface area contributed by atoms with E-state index in [1.165, 1.54) is 12.1 Å². The molecule has 0 saturated carbocycles. The molecule has 2 N–H and O–H groups in total. The second-order valence-electron chi connectivity index (χ2n) is 4.21. The third-order valence-corrected chi connectivity index (χ3v) is 2.44. The van der Waals surface area contributed by atoms with E-state index in [0.717, 1.165) is 18.3 Å². The molecule has 0 aliphatic rings. The quantitative estimate of drug-likeness (QED) is 0.941. The molecule has 1 aromatic heterocycles. The molecule has 5 nitrogen and oxygen atoms in total. The van der Waals surface area contributed by atoms with Gasteiger partial charge in [-0.1, -0.05) is 0 Å². The van der Waals surface area contributed by atoms with E-state index in [1.807, 2.05) is 0 Å². The highest BCUT2D eigenvalue weighted by molar-refractivity contribution is 5.92. The first-order valence-corrected chi connectivity index (χ1v) is 5.76. The zero-order chi connectivity index (χ0) is 15.6. The van der Waals surface area contributed by atoms with Crippen LogP contribution < -0.4 is 10.5 Å². The summed E-state index contributed by atoms with van der Waals surface area (Å²) in [7, 11) is 0. The number of ether oxygens (including phenoxy) is 1. The molecule has 0 saturated heterocycles. The minimum absolute atomic E-state index is 0.205. The van der Waals surface area contributed by atoms with E-state index in [-0.39, 0.29) is 11.6 Å². The van der Waals surface area contributed by atoms with Crippen LogP contribution in [0.2, 0.25) is 0 Å². The van der Waals surface area contributed by atoms with Crippen molar-refractivity contribution in [2.24, 2.45) is 5.73 Å². The summed E-state index contributed by atoms with van der Waals surface area (Å²) < 4.78 is 44.5. The first-order chi connectivity index (χ1) is 9.77. The van der Waals surface area contributed by atoms with Crippen molar-refractivity contribution in [3.63, 3.8) is 0 Å². The monoisotopic (exact) mass is 297 g/mol. The fourth-order valence-electron chi connectivity index (χ4n) is 1.54. The number of halogens is 3. The predicted octanol–water partition coefficient (Wildman–Crippen LogP) is 2.62. The van der Waals surface area contributed by atoms with E-state index < -0.39 is 29.0 Å². The molecule has 0 fully saturated rings. The van der Waals surface area contributed by atoms with Gasteiger partial charge in [0.2, 0.25) is 5.88 Å². The van der Waals surface area contributed by atoms with Crippen LogP contribution in [0.15, 0.2) is 30.5 Å². The van der Waals surface area contributed by atoms with Gasteiger partial charge in [0.25, 0.3) is 11.8 Å². The fourth-order valence-corrected chi connectivity index (χ4v) is 1.54. The number of hydrogen-bond acceptors (Lipinski definition) is 4. The molecule has 0 atom stereocenters. The maximum atomic E-state index is 13.3. The lowest BCUT2D eigenvalue weighted by molar-refractivity contribution is 0.0111. The zero-order valence-electron chi connectivity index (χ0n) is 10.8. The van der Waals surface area contributed by atoms with Gasteiger partial charge in [-0.05, 0) is 24.3 Å². The molecule has 0 aliphatic carbocycles. The van der Waals surface area contributed by atoms with Crippen LogP contribution >= 0.6 is 0 Å². The van der Waals surface area contributed by atoms with Gasteiger partial charge in [0.15, 0.2) is 5.69 Å². The Balaban J connectivity index is 2.36. The summed E-state index contributed by atoms with van der Waals surface area (Å²) in [6.45, 7) is 0.573. The average Bonchev–Trinajstić information content (AvgIpc) is 2.40. The standard InChI is InChI=1S/C13H10F3N3O2/c1-13(15,16)11-10(12(17)20)19-9(6-18-11)21-8-4-2-7(14)3-5-8/h2-6H,1H3,(H2,17,20). The minimum Gasteiger partial charge on any atom is -0.437 e. The molecule has 0 unspecified atom stereocenters. The van der Waals surface area contributed by atoms with E-state index in [0.29, 0.717) is 6.92 Å². The summed E-state index contributed by atoms with van der Waals surface area (Å²) in [5.41, 5.74) is 3.50. The van der Waals surface area contributed by atoms with Crippen molar-refractivity contribution in [1.29, 1.82) is 0 Å². The molecule has 8 heteroatoms. The summed E-state index contributed by atoms with van der Waals surface area (Å²) >= 11 is 0. The van der Waals surface area contributed by atoms with Gasteiger partial charge in [0.1, 0.15) is 17.3 Å². The SMILES string of the molecule is CC(F)(F)c1ncc(Oc2ccc(F)cc2)nc1C(N)=O. The summed E-state index contributed by atoms with van der Waals surface area (Å²) in [5, 5.41) is 0. The smallest absolute Gasteiger partial charge is 0.289 e. The molecule has 0 radical (unpaired) electrons. The molecule has 0 aliphatic heterocycles. The van der Waals surface area contributed by atoms with Gasteiger partial charge in [-0.3, -0.25) is 4.79 Å². The van der Waals surface area contributed by atoms with Gasteiger partial charge in [0, 0.05) is 6.92 Å². The topological polar surface area (TPSA) is 78.1 Å². The lowest BCUT2D eigenvalue weighted by Gasteiger charge is -2.13. The van der Waals surface area contributed by atoms with Crippen molar-refractivity contribution in [3.8, 4) is 11.6 Å². The van der Waals surface area contributed by atoms with Crippen molar-refractivity contribution < 1.29 is 22.7 Å². The third-order valence-electron chi connectivity index (χ3n) is 2.44. The van der Waals surface area contributed by atoms with Gasteiger partial charge in [-0.2, -0.15) is 8.78 Å². The number of alkyl halides is 2. The Bertz CT molecular complexity index is 669. The molecular formula is C13H10F3N3O2. The Kier molecular flexibility index (Phi) is 3.79. The van der Waals surface area contributed by atoms with Crippen molar-refractivity contribution >= 4 is 5.91 Å². The van der Waals surface area contributed by atoms with Crippen molar-refractivity contribution in [1.82, 2.24) is 9.97 Å². The number of hydrogen-bond donors (Lipinski definition) is 1. The van der Waals surface area contributed by atoms with Crippen LogP contribution in [0.1, 0.15) is 23.1 Å². The van der Waals surface area contributed by atoms with Crippen LogP contribution in [0.25, 0.3) is 0 Å². The van der Waals surface area contributed by atoms with Gasteiger partial charge in [-0.15, -0.1) is 0 Å². The molecule has 1 aromatic carbocycles. The van der Waals surface area contributed by atoms with E-state index in [1.54, 1.807) is 0 Å². The summed E-state index contributed by atoms with van der Waals surface area (Å²) in [6.07, 6.45) is 0.933. The molecule has 21 heavy (non-hydrogen) atoms. The largest absolute Gasteiger partial charge is 0.437 e. The molecular weight excluding hydrogens is 287 g/mol. The number of nitrogens with zero attached hydrogens (tertiary/aromatic N) is 2. The third kappa shape index (κ3) is 3.47. The summed E-state index contributed by atoms with van der Waals surface area (Å²) in [4.78, 5) is 18.3. The number of carbonyl (C=O) groups is 1. The Hall–Kier alpha value is -2.64.